The summed E-state index contributed by atoms with van der Waals surface area (Å²) >= 11 is 0. The molecule has 0 saturated heterocycles. The number of nitrogens with zero attached hydrogens (tertiary/aromatic N) is 1. The second kappa shape index (κ2) is 5.87. The quantitative estimate of drug-likeness (QED) is 0.782. The van der Waals surface area contributed by atoms with Crippen LogP contribution in [-0.4, -0.2) is 30.4 Å². The van der Waals surface area contributed by atoms with Gasteiger partial charge in [0.1, 0.15) is 0 Å². The Morgan fingerprint density at radius 1 is 1.39 bits per heavy atom. The van der Waals surface area contributed by atoms with E-state index in [9.17, 15) is 4.79 Å². The van der Waals surface area contributed by atoms with E-state index >= 15 is 0 Å². The van der Waals surface area contributed by atoms with Gasteiger partial charge < -0.3 is 10.6 Å². The number of rotatable bonds is 3. The van der Waals surface area contributed by atoms with Gasteiger partial charge in [-0.3, -0.25) is 4.79 Å². The van der Waals surface area contributed by atoms with Crippen molar-refractivity contribution in [2.45, 2.75) is 51.9 Å². The van der Waals surface area contributed by atoms with E-state index in [0.717, 1.165) is 32.4 Å². The first kappa shape index (κ1) is 13.6. The minimum Gasteiger partial charge on any atom is -0.338 e. The van der Waals surface area contributed by atoms with Crippen LogP contribution in [0.5, 0.6) is 0 Å². The fourth-order valence-electron chi connectivity index (χ4n) is 3.31. The third kappa shape index (κ3) is 3.14. The number of hydrogen-bond donors (Lipinski definition) is 1. The Kier molecular flexibility index (Phi) is 4.44. The number of amides is 1. The van der Waals surface area contributed by atoms with Gasteiger partial charge in [-0.15, -0.1) is 0 Å². The highest BCUT2D eigenvalue weighted by molar-refractivity contribution is 5.77. The average Bonchev–Trinajstić information content (AvgIpc) is 2.40. The van der Waals surface area contributed by atoms with Crippen molar-refractivity contribution < 1.29 is 4.79 Å². The molecule has 2 N–H and O–H groups in total. The van der Waals surface area contributed by atoms with Crippen molar-refractivity contribution in [3.8, 4) is 0 Å². The summed E-state index contributed by atoms with van der Waals surface area (Å²) < 4.78 is 0. The van der Waals surface area contributed by atoms with Gasteiger partial charge >= 0.3 is 0 Å². The molecule has 0 atom stereocenters. The molecule has 3 nitrogen and oxygen atoms in total. The molecular weight excluding hydrogens is 224 g/mol. The van der Waals surface area contributed by atoms with Crippen molar-refractivity contribution in [3.05, 3.63) is 11.6 Å². The molecule has 1 aliphatic carbocycles. The predicted molar refractivity (Wildman–Crippen MR) is 74.1 cm³/mol. The van der Waals surface area contributed by atoms with Crippen LogP contribution in [-0.2, 0) is 4.79 Å². The smallest absolute Gasteiger partial charge is 0.223 e. The molecule has 1 aliphatic heterocycles. The minimum atomic E-state index is 0.102. The van der Waals surface area contributed by atoms with E-state index in [4.69, 9.17) is 5.73 Å². The highest BCUT2D eigenvalue weighted by atomic mass is 16.2. The third-order valence-corrected chi connectivity index (χ3v) is 4.56. The number of carbonyl (C=O) groups excluding carboxylic acids is 1. The molecule has 0 aromatic rings. The molecule has 0 aromatic carbocycles. The Hall–Kier alpha value is -0.830. The molecular formula is C15H26N2O. The van der Waals surface area contributed by atoms with E-state index in [1.165, 1.54) is 24.8 Å². The summed E-state index contributed by atoms with van der Waals surface area (Å²) in [6.45, 7) is 4.48. The first-order chi connectivity index (χ1) is 8.65. The minimum absolute atomic E-state index is 0.102. The Bertz CT molecular complexity index is 329. The van der Waals surface area contributed by atoms with Gasteiger partial charge in [0.05, 0.1) is 0 Å². The van der Waals surface area contributed by atoms with Crippen molar-refractivity contribution in [2.24, 2.45) is 11.1 Å². The van der Waals surface area contributed by atoms with E-state index in [0.29, 0.717) is 18.9 Å². The monoisotopic (exact) mass is 250 g/mol. The fraction of sp³-hybridized carbons (Fsp3) is 0.800. The van der Waals surface area contributed by atoms with Gasteiger partial charge in [-0.1, -0.05) is 30.9 Å². The Morgan fingerprint density at radius 2 is 2.11 bits per heavy atom. The van der Waals surface area contributed by atoms with Crippen molar-refractivity contribution in [3.63, 3.8) is 0 Å². The lowest BCUT2D eigenvalue weighted by Crippen LogP contribution is -2.42. The van der Waals surface area contributed by atoms with Crippen LogP contribution in [0.1, 0.15) is 51.9 Å². The molecule has 2 rings (SSSR count). The van der Waals surface area contributed by atoms with Gasteiger partial charge in [0.15, 0.2) is 0 Å². The number of carbonyl (C=O) groups is 1. The first-order valence-corrected chi connectivity index (χ1v) is 7.29. The molecule has 2 aliphatic rings. The zero-order valence-corrected chi connectivity index (χ0v) is 11.6. The van der Waals surface area contributed by atoms with E-state index in [1.54, 1.807) is 0 Å². The standard InChI is InChI=1S/C15H26N2O/c1-13-6-5-9-17(11-13)14(18)10-15(12-16)7-3-2-4-8-15/h6H,2-5,7-12,16H2,1H3. The average molecular weight is 250 g/mol. The highest BCUT2D eigenvalue weighted by Crippen LogP contribution is 2.38. The van der Waals surface area contributed by atoms with Gasteiger partial charge in [-0.05, 0) is 38.1 Å². The van der Waals surface area contributed by atoms with Crippen LogP contribution in [0.25, 0.3) is 0 Å². The van der Waals surface area contributed by atoms with Crippen molar-refractivity contribution in [1.82, 2.24) is 4.90 Å². The van der Waals surface area contributed by atoms with Crippen LogP contribution in [0.3, 0.4) is 0 Å². The van der Waals surface area contributed by atoms with Crippen LogP contribution in [0.15, 0.2) is 11.6 Å². The SMILES string of the molecule is CC1=CCCN(C(=O)CC2(CN)CCCCC2)C1. The molecule has 0 unspecified atom stereocenters. The van der Waals surface area contributed by atoms with Crippen LogP contribution in [0.4, 0.5) is 0 Å². The Morgan fingerprint density at radius 3 is 2.72 bits per heavy atom. The third-order valence-electron chi connectivity index (χ3n) is 4.56. The fourth-order valence-corrected chi connectivity index (χ4v) is 3.31. The van der Waals surface area contributed by atoms with Crippen LogP contribution < -0.4 is 5.73 Å². The maximum Gasteiger partial charge on any atom is 0.223 e. The maximum absolute atomic E-state index is 12.4. The van der Waals surface area contributed by atoms with Gasteiger partial charge in [-0.25, -0.2) is 0 Å². The molecule has 0 bridgehead atoms. The number of hydrogen-bond acceptors (Lipinski definition) is 2. The molecule has 1 amide bonds. The van der Waals surface area contributed by atoms with Crippen molar-refractivity contribution in [2.75, 3.05) is 19.6 Å². The van der Waals surface area contributed by atoms with E-state index in [2.05, 4.69) is 13.0 Å². The second-order valence-corrected chi connectivity index (χ2v) is 6.10. The molecule has 1 heterocycles. The topological polar surface area (TPSA) is 46.3 Å². The van der Waals surface area contributed by atoms with E-state index < -0.39 is 0 Å². The van der Waals surface area contributed by atoms with Crippen LogP contribution in [0.2, 0.25) is 0 Å². The molecule has 0 aromatic heterocycles. The van der Waals surface area contributed by atoms with E-state index in [-0.39, 0.29) is 5.41 Å². The Balaban J connectivity index is 1.95. The molecule has 0 spiro atoms. The normalized spacial score (nSPS) is 23.7. The van der Waals surface area contributed by atoms with Crippen LogP contribution >= 0.6 is 0 Å². The zero-order chi connectivity index (χ0) is 13.0. The van der Waals surface area contributed by atoms with E-state index in [1.807, 2.05) is 4.90 Å². The Labute approximate surface area is 110 Å². The maximum atomic E-state index is 12.4. The summed E-state index contributed by atoms with van der Waals surface area (Å²) in [5, 5.41) is 0. The summed E-state index contributed by atoms with van der Waals surface area (Å²) in [5.74, 6) is 0.315. The van der Waals surface area contributed by atoms with Gasteiger partial charge in [0.25, 0.3) is 0 Å². The highest BCUT2D eigenvalue weighted by Gasteiger charge is 2.34. The lowest BCUT2D eigenvalue weighted by atomic mass is 9.71. The van der Waals surface area contributed by atoms with Gasteiger partial charge in [0, 0.05) is 19.5 Å². The summed E-state index contributed by atoms with van der Waals surface area (Å²) in [6, 6.07) is 0. The summed E-state index contributed by atoms with van der Waals surface area (Å²) in [6.07, 6.45) is 9.97. The zero-order valence-electron chi connectivity index (χ0n) is 11.6. The predicted octanol–water partition coefficient (Wildman–Crippen LogP) is 2.46. The largest absolute Gasteiger partial charge is 0.338 e. The summed E-state index contributed by atoms with van der Waals surface area (Å²) in [7, 11) is 0. The summed E-state index contributed by atoms with van der Waals surface area (Å²) in [4.78, 5) is 14.4. The molecule has 1 saturated carbocycles. The second-order valence-electron chi connectivity index (χ2n) is 6.10. The number of nitrogens with two attached hydrogens (primary N) is 1. The van der Waals surface area contributed by atoms with Crippen LogP contribution in [0, 0.1) is 5.41 Å². The molecule has 102 valence electrons. The van der Waals surface area contributed by atoms with Crippen molar-refractivity contribution >= 4 is 5.91 Å². The van der Waals surface area contributed by atoms with Gasteiger partial charge in [0.2, 0.25) is 5.91 Å². The first-order valence-electron chi connectivity index (χ1n) is 7.29. The molecule has 3 heteroatoms. The molecule has 0 radical (unpaired) electrons. The molecule has 1 fully saturated rings. The lowest BCUT2D eigenvalue weighted by Gasteiger charge is -2.38. The lowest BCUT2D eigenvalue weighted by molar-refractivity contribution is -0.134. The van der Waals surface area contributed by atoms with Crippen molar-refractivity contribution in [1.29, 1.82) is 0 Å². The summed E-state index contributed by atoms with van der Waals surface area (Å²) in [5.41, 5.74) is 7.38. The van der Waals surface area contributed by atoms with Gasteiger partial charge in [-0.2, -0.15) is 0 Å². The molecule has 18 heavy (non-hydrogen) atoms.